The Hall–Kier alpha value is -2.43. The molecule has 136 valence electrons. The molecular weight excluding hydrogens is 366 g/mol. The van der Waals surface area contributed by atoms with Crippen LogP contribution >= 0.6 is 11.3 Å². The lowest BCUT2D eigenvalue weighted by atomic mass is 10.1. The maximum Gasteiger partial charge on any atom is 0.442 e. The number of aromatic nitrogens is 1. The topological polar surface area (TPSA) is 80.3 Å². The van der Waals surface area contributed by atoms with Crippen molar-refractivity contribution in [3.63, 3.8) is 0 Å². The molecule has 0 bridgehead atoms. The molecule has 25 heavy (non-hydrogen) atoms. The van der Waals surface area contributed by atoms with Crippen molar-refractivity contribution < 1.29 is 31.9 Å². The van der Waals surface area contributed by atoms with Crippen LogP contribution in [0, 0.1) is 5.82 Å². The lowest BCUT2D eigenvalue weighted by Gasteiger charge is -2.33. The molecule has 1 aromatic heterocycles. The number of nitrogens with zero attached hydrogens (tertiary/aromatic N) is 1. The number of hydrogen-bond donors (Lipinski definition) is 2. The van der Waals surface area contributed by atoms with Gasteiger partial charge in [0, 0.05) is 6.42 Å². The van der Waals surface area contributed by atoms with E-state index in [9.17, 15) is 27.2 Å². The molecule has 2 rings (SSSR count). The zero-order chi connectivity index (χ0) is 18.8. The summed E-state index contributed by atoms with van der Waals surface area (Å²) in [5.74, 6) is -3.37. The van der Waals surface area contributed by atoms with Gasteiger partial charge in [0.2, 0.25) is 5.91 Å². The summed E-state index contributed by atoms with van der Waals surface area (Å²) in [6, 6.07) is 3.47. The van der Waals surface area contributed by atoms with Crippen LogP contribution in [0.25, 0.3) is 10.2 Å². The second-order valence-corrected chi connectivity index (χ2v) is 5.93. The molecule has 2 aromatic rings. The van der Waals surface area contributed by atoms with Gasteiger partial charge in [0.25, 0.3) is 0 Å². The van der Waals surface area contributed by atoms with Crippen molar-refractivity contribution in [3.8, 4) is 0 Å². The molecule has 0 aliphatic heterocycles. The van der Waals surface area contributed by atoms with Crippen molar-refractivity contribution in [1.29, 1.82) is 0 Å². The second-order valence-electron chi connectivity index (χ2n) is 4.90. The van der Waals surface area contributed by atoms with Crippen LogP contribution in [0.1, 0.15) is 13.3 Å². The minimum absolute atomic E-state index is 0.233. The quantitative estimate of drug-likeness (QED) is 0.474. The Morgan fingerprint density at radius 1 is 1.32 bits per heavy atom. The number of ether oxygens (including phenoxy) is 1. The summed E-state index contributed by atoms with van der Waals surface area (Å²) in [4.78, 5) is 27.4. The Labute approximate surface area is 143 Å². The van der Waals surface area contributed by atoms with E-state index in [2.05, 4.69) is 9.72 Å². The Morgan fingerprint density at radius 3 is 2.56 bits per heavy atom. The Balaban J connectivity index is 2.52. The van der Waals surface area contributed by atoms with Crippen LogP contribution in [0.2, 0.25) is 0 Å². The molecule has 1 amide bonds. The number of benzene rings is 1. The molecule has 0 unspecified atom stereocenters. The van der Waals surface area contributed by atoms with E-state index in [0.29, 0.717) is 11.3 Å². The number of thiazole rings is 1. The predicted octanol–water partition coefficient (Wildman–Crippen LogP) is 2.81. The van der Waals surface area contributed by atoms with Crippen molar-refractivity contribution >= 4 is 38.6 Å². The first kappa shape index (κ1) is 18.9. The number of halogens is 4. The molecule has 0 spiro atoms. The maximum absolute atomic E-state index is 13.7. The number of fused-ring (bicyclic) bond motifs is 1. The molecule has 2 N–H and O–H groups in total. The van der Waals surface area contributed by atoms with Crippen molar-refractivity contribution in [3.05, 3.63) is 24.0 Å². The highest BCUT2D eigenvalue weighted by atomic mass is 32.1. The predicted molar refractivity (Wildman–Crippen MR) is 82.4 cm³/mol. The van der Waals surface area contributed by atoms with Gasteiger partial charge in [-0.15, -0.1) is 0 Å². The third-order valence-electron chi connectivity index (χ3n) is 3.21. The highest BCUT2D eigenvalue weighted by molar-refractivity contribution is 7.22. The van der Waals surface area contributed by atoms with Crippen molar-refractivity contribution in [2.45, 2.75) is 25.2 Å². The van der Waals surface area contributed by atoms with E-state index in [0.717, 1.165) is 19.2 Å². The molecule has 6 nitrogen and oxygen atoms in total. The molecule has 1 aromatic carbocycles. The monoisotopic (exact) mass is 379 g/mol. The fourth-order valence-electron chi connectivity index (χ4n) is 1.95. The summed E-state index contributed by atoms with van der Waals surface area (Å²) in [5.41, 5.74) is -3.28. The van der Waals surface area contributed by atoms with Gasteiger partial charge in [-0.05, 0) is 18.2 Å². The Bertz CT molecular complexity index is 808. The smallest absolute Gasteiger partial charge is 0.442 e. The number of hydrogen-bond acceptors (Lipinski definition) is 6. The molecule has 0 aliphatic rings. The van der Waals surface area contributed by atoms with Gasteiger partial charge in [0.05, 0.1) is 17.3 Å². The van der Waals surface area contributed by atoms with Crippen LogP contribution in [0.3, 0.4) is 0 Å². The number of methoxy groups -OCH3 is 1. The van der Waals surface area contributed by atoms with E-state index in [4.69, 9.17) is 0 Å². The third-order valence-corrected chi connectivity index (χ3v) is 4.14. The van der Waals surface area contributed by atoms with E-state index in [1.807, 2.05) is 5.32 Å². The number of carbonyl (C=O) groups excluding carboxylic acids is 2. The van der Waals surface area contributed by atoms with Gasteiger partial charge < -0.3 is 15.4 Å². The van der Waals surface area contributed by atoms with Gasteiger partial charge in [-0.2, -0.15) is 13.2 Å². The molecule has 1 heterocycles. The first-order valence-electron chi connectivity index (χ1n) is 6.93. The number of amides is 1. The van der Waals surface area contributed by atoms with E-state index in [-0.39, 0.29) is 21.8 Å². The van der Waals surface area contributed by atoms with Crippen molar-refractivity contribution in [2.24, 2.45) is 0 Å². The number of rotatable bonds is 5. The van der Waals surface area contributed by atoms with Gasteiger partial charge >= 0.3 is 17.8 Å². The minimum atomic E-state index is -5.23. The molecule has 0 aliphatic carbocycles. The summed E-state index contributed by atoms with van der Waals surface area (Å²) in [6.45, 7) is 1.33. The summed E-state index contributed by atoms with van der Waals surface area (Å²) < 4.78 is 58.7. The zero-order valence-electron chi connectivity index (χ0n) is 13.0. The SMILES string of the molecule is CCC(=O)N[C@](Nc1nc2ccc(F)cc2s1)(C(=O)OC)C(F)(F)F. The molecule has 11 heteroatoms. The lowest BCUT2D eigenvalue weighted by molar-refractivity contribution is -0.206. The number of anilines is 1. The van der Waals surface area contributed by atoms with Gasteiger partial charge in [-0.3, -0.25) is 4.79 Å². The number of carbonyl (C=O) groups is 2. The lowest BCUT2D eigenvalue weighted by Crippen LogP contribution is -2.69. The number of nitrogens with one attached hydrogen (secondary N) is 2. The Morgan fingerprint density at radius 2 is 2.00 bits per heavy atom. The Kier molecular flexibility index (Phi) is 5.16. The van der Waals surface area contributed by atoms with E-state index in [1.54, 1.807) is 5.32 Å². The minimum Gasteiger partial charge on any atom is -0.466 e. The van der Waals surface area contributed by atoms with Gasteiger partial charge in [-0.25, -0.2) is 14.2 Å². The summed E-state index contributed by atoms with van der Waals surface area (Å²) in [5, 5.41) is 3.20. The fraction of sp³-hybridized carbons (Fsp3) is 0.357. The number of alkyl halides is 3. The highest BCUT2D eigenvalue weighted by Gasteiger charge is 2.63. The average molecular weight is 379 g/mol. The van der Waals surface area contributed by atoms with Gasteiger partial charge in [-0.1, -0.05) is 18.3 Å². The third kappa shape index (κ3) is 3.65. The molecule has 1 atom stereocenters. The van der Waals surface area contributed by atoms with Crippen LogP contribution in [0.4, 0.5) is 22.7 Å². The van der Waals surface area contributed by atoms with Crippen LogP contribution in [-0.4, -0.2) is 35.8 Å². The molecule has 0 saturated heterocycles. The molecule has 0 radical (unpaired) electrons. The molecule has 0 fully saturated rings. The average Bonchev–Trinajstić information content (AvgIpc) is 2.93. The first-order valence-corrected chi connectivity index (χ1v) is 7.75. The van der Waals surface area contributed by atoms with E-state index in [1.165, 1.54) is 13.0 Å². The summed E-state index contributed by atoms with van der Waals surface area (Å²) in [6.07, 6.45) is -5.52. The normalized spacial score (nSPS) is 14.0. The second kappa shape index (κ2) is 6.82. The van der Waals surface area contributed by atoms with E-state index < -0.39 is 29.5 Å². The van der Waals surface area contributed by atoms with Crippen LogP contribution < -0.4 is 10.6 Å². The molecule has 0 saturated carbocycles. The summed E-state index contributed by atoms with van der Waals surface area (Å²) in [7, 11) is 0.760. The fourth-order valence-corrected chi connectivity index (χ4v) is 2.90. The number of esters is 1. The van der Waals surface area contributed by atoms with Crippen LogP contribution in [0.15, 0.2) is 18.2 Å². The maximum atomic E-state index is 13.7. The summed E-state index contributed by atoms with van der Waals surface area (Å²) >= 11 is 0.696. The van der Waals surface area contributed by atoms with Crippen LogP contribution in [-0.2, 0) is 14.3 Å². The largest absolute Gasteiger partial charge is 0.466 e. The first-order chi connectivity index (χ1) is 11.6. The molecular formula is C14H13F4N3O3S. The van der Waals surface area contributed by atoms with Gasteiger partial charge in [0.15, 0.2) is 5.13 Å². The standard InChI is InChI=1S/C14H13F4N3O3S/c1-3-10(22)20-13(11(23)24-2,14(16,17)18)21-12-19-8-5-4-7(15)6-9(8)25-12/h4-6H,3H2,1-2H3,(H,19,21)(H,20,22)/t13-/m0/s1. The van der Waals surface area contributed by atoms with Crippen molar-refractivity contribution in [2.75, 3.05) is 12.4 Å². The van der Waals surface area contributed by atoms with E-state index >= 15 is 0 Å². The van der Waals surface area contributed by atoms with Gasteiger partial charge in [0.1, 0.15) is 5.82 Å². The highest BCUT2D eigenvalue weighted by Crippen LogP contribution is 2.35. The van der Waals surface area contributed by atoms with Crippen molar-refractivity contribution in [1.82, 2.24) is 10.3 Å². The zero-order valence-corrected chi connectivity index (χ0v) is 13.8. The van der Waals surface area contributed by atoms with Crippen LogP contribution in [0.5, 0.6) is 0 Å².